The predicted octanol–water partition coefficient (Wildman–Crippen LogP) is -0.802. The summed E-state index contributed by atoms with van der Waals surface area (Å²) in [6.45, 7) is 0.386. The van der Waals surface area contributed by atoms with Gasteiger partial charge in [0.25, 0.3) is 11.5 Å². The van der Waals surface area contributed by atoms with E-state index in [4.69, 9.17) is 10.8 Å². The zero-order valence-electron chi connectivity index (χ0n) is 12.6. The van der Waals surface area contributed by atoms with E-state index < -0.39 is 5.56 Å². The number of nitrogens with zero attached hydrogens (tertiary/aromatic N) is 4. The van der Waals surface area contributed by atoms with Gasteiger partial charge in [-0.1, -0.05) is 6.07 Å². The molecule has 0 saturated heterocycles. The SMILES string of the molecule is Nc1nc2nn(-c3cccc(C(=O)NCCCO)c3)nc2c(=O)[nH]1. The Morgan fingerprint density at radius 1 is 1.38 bits per heavy atom. The van der Waals surface area contributed by atoms with Crippen molar-refractivity contribution in [3.8, 4) is 5.69 Å². The van der Waals surface area contributed by atoms with Gasteiger partial charge in [0.05, 0.1) is 5.69 Å². The summed E-state index contributed by atoms with van der Waals surface area (Å²) in [6, 6.07) is 6.60. The average Bonchev–Trinajstić information content (AvgIpc) is 2.99. The summed E-state index contributed by atoms with van der Waals surface area (Å²) in [4.78, 5) is 31.3. The number of aliphatic hydroxyl groups excluding tert-OH is 1. The number of hydrogen-bond acceptors (Lipinski definition) is 7. The van der Waals surface area contributed by atoms with Crippen LogP contribution < -0.4 is 16.6 Å². The fraction of sp³-hybridized carbons (Fsp3) is 0.214. The number of carbonyl (C=O) groups excluding carboxylic acids is 1. The van der Waals surface area contributed by atoms with Crippen molar-refractivity contribution in [1.82, 2.24) is 30.3 Å². The zero-order chi connectivity index (χ0) is 17.1. The van der Waals surface area contributed by atoms with Crippen LogP contribution in [0, 0.1) is 0 Å². The molecular weight excluding hydrogens is 314 g/mol. The monoisotopic (exact) mass is 329 g/mol. The highest BCUT2D eigenvalue weighted by molar-refractivity contribution is 5.94. The van der Waals surface area contributed by atoms with E-state index in [0.29, 0.717) is 24.2 Å². The van der Waals surface area contributed by atoms with E-state index in [2.05, 4.69) is 25.5 Å². The van der Waals surface area contributed by atoms with Crippen LogP contribution >= 0.6 is 0 Å². The normalized spacial score (nSPS) is 10.9. The molecule has 0 aliphatic carbocycles. The summed E-state index contributed by atoms with van der Waals surface area (Å²) < 4.78 is 0. The lowest BCUT2D eigenvalue weighted by Gasteiger charge is -2.05. The molecule has 5 N–H and O–H groups in total. The van der Waals surface area contributed by atoms with Crippen LogP contribution in [0.25, 0.3) is 16.9 Å². The van der Waals surface area contributed by atoms with E-state index in [-0.39, 0.29) is 29.6 Å². The highest BCUT2D eigenvalue weighted by atomic mass is 16.3. The molecular formula is C14H15N7O3. The van der Waals surface area contributed by atoms with Gasteiger partial charge >= 0.3 is 0 Å². The first-order valence-corrected chi connectivity index (χ1v) is 7.21. The molecule has 10 heteroatoms. The molecule has 10 nitrogen and oxygen atoms in total. The maximum Gasteiger partial charge on any atom is 0.282 e. The predicted molar refractivity (Wildman–Crippen MR) is 85.7 cm³/mol. The van der Waals surface area contributed by atoms with Gasteiger partial charge in [-0.15, -0.1) is 15.0 Å². The third-order valence-corrected chi connectivity index (χ3v) is 3.24. The van der Waals surface area contributed by atoms with E-state index in [0.717, 1.165) is 0 Å². The van der Waals surface area contributed by atoms with Gasteiger partial charge in [-0.3, -0.25) is 14.6 Å². The number of aromatic nitrogens is 5. The molecule has 0 unspecified atom stereocenters. The Balaban J connectivity index is 1.93. The Kier molecular flexibility index (Phi) is 4.20. The van der Waals surface area contributed by atoms with Gasteiger partial charge < -0.3 is 16.2 Å². The first-order chi connectivity index (χ1) is 11.6. The Labute approximate surface area is 135 Å². The Morgan fingerprint density at radius 3 is 3.00 bits per heavy atom. The van der Waals surface area contributed by atoms with Crippen LogP contribution in [0.15, 0.2) is 29.1 Å². The van der Waals surface area contributed by atoms with Crippen molar-refractivity contribution < 1.29 is 9.90 Å². The standard InChI is InChI=1S/C14H15N7O3/c15-14-17-11-10(13(24)18-14)19-21(20-11)9-4-1-3-8(7-9)12(23)16-5-2-6-22/h1,3-4,7,22H,2,5-6H2,(H,16,23)(H3,15,17,18,20,24). The van der Waals surface area contributed by atoms with E-state index in [1.54, 1.807) is 24.3 Å². The van der Waals surface area contributed by atoms with E-state index >= 15 is 0 Å². The van der Waals surface area contributed by atoms with Crippen molar-refractivity contribution >= 4 is 23.0 Å². The molecule has 0 fully saturated rings. The fourth-order valence-corrected chi connectivity index (χ4v) is 2.11. The number of hydrogen-bond donors (Lipinski definition) is 4. The van der Waals surface area contributed by atoms with Crippen molar-refractivity contribution in [2.24, 2.45) is 0 Å². The molecule has 0 aliphatic heterocycles. The van der Waals surface area contributed by atoms with E-state index in [1.165, 1.54) is 4.80 Å². The number of nitrogen functional groups attached to an aromatic ring is 1. The highest BCUT2D eigenvalue weighted by Crippen LogP contribution is 2.11. The van der Waals surface area contributed by atoms with Crippen molar-refractivity contribution in [3.05, 3.63) is 40.2 Å². The number of anilines is 1. The van der Waals surface area contributed by atoms with Crippen LogP contribution in [-0.4, -0.2) is 49.1 Å². The molecule has 0 saturated carbocycles. The molecule has 0 bridgehead atoms. The van der Waals surface area contributed by atoms with Crippen molar-refractivity contribution in [3.63, 3.8) is 0 Å². The summed E-state index contributed by atoms with van der Waals surface area (Å²) in [5.74, 6) is -0.321. The number of benzene rings is 1. The number of nitrogens with two attached hydrogens (primary N) is 1. The van der Waals surface area contributed by atoms with Crippen LogP contribution in [0.5, 0.6) is 0 Å². The molecule has 0 spiro atoms. The lowest BCUT2D eigenvalue weighted by Crippen LogP contribution is -2.25. The Bertz CT molecular complexity index is 947. The molecule has 2 heterocycles. The topological polar surface area (TPSA) is 152 Å². The van der Waals surface area contributed by atoms with E-state index in [1.807, 2.05) is 0 Å². The fourth-order valence-electron chi connectivity index (χ4n) is 2.11. The number of aromatic amines is 1. The van der Waals surface area contributed by atoms with Gasteiger partial charge in [0.1, 0.15) is 0 Å². The van der Waals surface area contributed by atoms with Gasteiger partial charge in [0, 0.05) is 18.7 Å². The summed E-state index contributed by atoms with van der Waals surface area (Å²) in [5, 5.41) is 19.6. The quantitative estimate of drug-likeness (QED) is 0.447. The Morgan fingerprint density at radius 2 is 2.21 bits per heavy atom. The van der Waals surface area contributed by atoms with Gasteiger partial charge in [-0.25, -0.2) is 0 Å². The minimum Gasteiger partial charge on any atom is -0.396 e. The van der Waals surface area contributed by atoms with Gasteiger partial charge in [-0.2, -0.15) is 4.98 Å². The van der Waals surface area contributed by atoms with Gasteiger partial charge in [0.2, 0.25) is 11.6 Å². The highest BCUT2D eigenvalue weighted by Gasteiger charge is 2.12. The van der Waals surface area contributed by atoms with Gasteiger partial charge in [0.15, 0.2) is 5.52 Å². The molecule has 0 atom stereocenters. The van der Waals surface area contributed by atoms with Crippen LogP contribution in [0.1, 0.15) is 16.8 Å². The lowest BCUT2D eigenvalue weighted by molar-refractivity contribution is 0.0951. The van der Waals surface area contributed by atoms with Crippen LogP contribution in [0.4, 0.5) is 5.95 Å². The average molecular weight is 329 g/mol. The number of amides is 1. The summed E-state index contributed by atoms with van der Waals surface area (Å²) >= 11 is 0. The van der Waals surface area contributed by atoms with Crippen LogP contribution in [0.3, 0.4) is 0 Å². The second-order valence-electron chi connectivity index (χ2n) is 5.00. The third kappa shape index (κ3) is 3.08. The van der Waals surface area contributed by atoms with Crippen LogP contribution in [0.2, 0.25) is 0 Å². The van der Waals surface area contributed by atoms with Crippen molar-refractivity contribution in [2.45, 2.75) is 6.42 Å². The number of rotatable bonds is 5. The molecule has 3 rings (SSSR count). The summed E-state index contributed by atoms with van der Waals surface area (Å²) in [7, 11) is 0. The zero-order valence-corrected chi connectivity index (χ0v) is 12.6. The molecule has 0 radical (unpaired) electrons. The second-order valence-corrected chi connectivity index (χ2v) is 5.00. The first kappa shape index (κ1) is 15.6. The Hall–Kier alpha value is -3.27. The maximum absolute atomic E-state index is 12.0. The first-order valence-electron chi connectivity index (χ1n) is 7.21. The maximum atomic E-state index is 12.0. The molecule has 3 aromatic rings. The van der Waals surface area contributed by atoms with Gasteiger partial charge in [-0.05, 0) is 24.6 Å². The smallest absolute Gasteiger partial charge is 0.282 e. The number of fused-ring (bicyclic) bond motifs is 1. The van der Waals surface area contributed by atoms with Crippen molar-refractivity contribution in [1.29, 1.82) is 0 Å². The second kappa shape index (κ2) is 6.46. The number of nitrogens with one attached hydrogen (secondary N) is 2. The molecule has 24 heavy (non-hydrogen) atoms. The number of aliphatic hydroxyl groups is 1. The molecule has 124 valence electrons. The van der Waals surface area contributed by atoms with Crippen LogP contribution in [-0.2, 0) is 0 Å². The minimum atomic E-state index is -0.485. The van der Waals surface area contributed by atoms with E-state index in [9.17, 15) is 9.59 Å². The minimum absolute atomic E-state index is 0.00872. The van der Waals surface area contributed by atoms with Crippen molar-refractivity contribution in [2.75, 3.05) is 18.9 Å². The lowest BCUT2D eigenvalue weighted by atomic mass is 10.2. The number of H-pyrrole nitrogens is 1. The summed E-state index contributed by atoms with van der Waals surface area (Å²) in [5.41, 5.74) is 6.08. The molecule has 1 aromatic carbocycles. The number of carbonyl (C=O) groups is 1. The molecule has 0 aliphatic rings. The third-order valence-electron chi connectivity index (χ3n) is 3.24. The molecule has 1 amide bonds. The molecule has 2 aromatic heterocycles. The summed E-state index contributed by atoms with van der Waals surface area (Å²) in [6.07, 6.45) is 0.480. The largest absolute Gasteiger partial charge is 0.396 e.